The molecule has 1 aliphatic rings. The molecule has 2 nitrogen and oxygen atoms in total. The van der Waals surface area contributed by atoms with E-state index in [1.54, 1.807) is 0 Å². The van der Waals surface area contributed by atoms with Gasteiger partial charge in [-0.1, -0.05) is 24.6 Å². The molecule has 0 aliphatic carbocycles. The van der Waals surface area contributed by atoms with Crippen molar-refractivity contribution in [1.29, 1.82) is 0 Å². The van der Waals surface area contributed by atoms with Gasteiger partial charge in [-0.15, -0.1) is 0 Å². The van der Waals surface area contributed by atoms with E-state index < -0.39 is 0 Å². The van der Waals surface area contributed by atoms with E-state index in [-0.39, 0.29) is 0 Å². The van der Waals surface area contributed by atoms with Gasteiger partial charge in [-0.3, -0.25) is 4.90 Å². The van der Waals surface area contributed by atoms with E-state index in [1.165, 1.54) is 49.2 Å². The summed E-state index contributed by atoms with van der Waals surface area (Å²) in [7, 11) is 0. The fraction of sp³-hybridized carbons (Fsp3) is 0.625. The molecule has 0 radical (unpaired) electrons. The first-order valence-corrected chi connectivity index (χ1v) is 7.22. The molecule has 1 heterocycles. The van der Waals surface area contributed by atoms with Gasteiger partial charge in [-0.25, -0.2) is 0 Å². The molecule has 0 saturated carbocycles. The lowest BCUT2D eigenvalue weighted by Crippen LogP contribution is -2.41. The number of anilines is 1. The number of benzene rings is 1. The fourth-order valence-corrected chi connectivity index (χ4v) is 2.83. The minimum atomic E-state index is 0.629. The van der Waals surface area contributed by atoms with Gasteiger partial charge in [-0.05, 0) is 57.8 Å². The van der Waals surface area contributed by atoms with Crippen LogP contribution in [0.3, 0.4) is 0 Å². The number of hydrogen-bond acceptors (Lipinski definition) is 2. The molecule has 1 N–H and O–H groups in total. The minimum absolute atomic E-state index is 0.629. The molecule has 18 heavy (non-hydrogen) atoms. The van der Waals surface area contributed by atoms with Crippen molar-refractivity contribution in [1.82, 2.24) is 4.90 Å². The Bertz CT molecular complexity index is 360. The van der Waals surface area contributed by atoms with Crippen LogP contribution in [0.15, 0.2) is 18.2 Å². The SMILES string of the molecule is Cc1cccc(C)c1NCC(C)N1CCCCC1. The monoisotopic (exact) mass is 246 g/mol. The van der Waals surface area contributed by atoms with Gasteiger partial charge in [0.1, 0.15) is 0 Å². The van der Waals surface area contributed by atoms with Gasteiger partial charge in [0, 0.05) is 18.3 Å². The highest BCUT2D eigenvalue weighted by Gasteiger charge is 2.16. The van der Waals surface area contributed by atoms with E-state index in [1.807, 2.05) is 0 Å². The molecule has 1 atom stereocenters. The standard InChI is InChI=1S/C16H26N2/c1-13-8-7-9-14(2)16(13)17-12-15(3)18-10-5-4-6-11-18/h7-9,15,17H,4-6,10-12H2,1-3H3. The zero-order chi connectivity index (χ0) is 13.0. The summed E-state index contributed by atoms with van der Waals surface area (Å²) in [5.41, 5.74) is 4.02. The molecule has 1 aromatic carbocycles. The van der Waals surface area contributed by atoms with Crippen molar-refractivity contribution in [3.8, 4) is 0 Å². The van der Waals surface area contributed by atoms with Crippen LogP contribution in [0.5, 0.6) is 0 Å². The predicted molar refractivity (Wildman–Crippen MR) is 79.3 cm³/mol. The number of para-hydroxylation sites is 1. The van der Waals surface area contributed by atoms with Crippen molar-refractivity contribution in [2.24, 2.45) is 0 Å². The van der Waals surface area contributed by atoms with Crippen LogP contribution in [0.4, 0.5) is 5.69 Å². The number of nitrogens with zero attached hydrogens (tertiary/aromatic N) is 1. The second-order valence-corrected chi connectivity index (χ2v) is 5.59. The summed E-state index contributed by atoms with van der Waals surface area (Å²) in [6.07, 6.45) is 4.15. The maximum Gasteiger partial charge on any atom is 0.0400 e. The van der Waals surface area contributed by atoms with Crippen molar-refractivity contribution in [2.75, 3.05) is 25.0 Å². The van der Waals surface area contributed by atoms with Crippen LogP contribution in [0, 0.1) is 13.8 Å². The van der Waals surface area contributed by atoms with Gasteiger partial charge in [-0.2, -0.15) is 0 Å². The third-order valence-electron chi connectivity index (χ3n) is 4.07. The molecular weight excluding hydrogens is 220 g/mol. The molecule has 0 aromatic heterocycles. The van der Waals surface area contributed by atoms with E-state index in [2.05, 4.69) is 49.2 Å². The third-order valence-corrected chi connectivity index (χ3v) is 4.07. The van der Waals surface area contributed by atoms with Crippen LogP contribution in [0.25, 0.3) is 0 Å². The van der Waals surface area contributed by atoms with E-state index in [0.717, 1.165) is 6.54 Å². The Morgan fingerprint density at radius 2 is 1.72 bits per heavy atom. The molecule has 0 bridgehead atoms. The van der Waals surface area contributed by atoms with Gasteiger partial charge < -0.3 is 5.32 Å². The van der Waals surface area contributed by atoms with Crippen molar-refractivity contribution < 1.29 is 0 Å². The molecule has 100 valence electrons. The molecule has 0 spiro atoms. The topological polar surface area (TPSA) is 15.3 Å². The van der Waals surface area contributed by atoms with E-state index in [0.29, 0.717) is 6.04 Å². The quantitative estimate of drug-likeness (QED) is 0.873. The zero-order valence-corrected chi connectivity index (χ0v) is 12.0. The van der Waals surface area contributed by atoms with Gasteiger partial charge in [0.2, 0.25) is 0 Å². The van der Waals surface area contributed by atoms with Crippen LogP contribution < -0.4 is 5.32 Å². The molecule has 1 aromatic rings. The predicted octanol–water partition coefficient (Wildman–Crippen LogP) is 3.59. The van der Waals surface area contributed by atoms with Crippen LogP contribution in [-0.4, -0.2) is 30.6 Å². The maximum atomic E-state index is 3.64. The van der Waals surface area contributed by atoms with Gasteiger partial charge >= 0.3 is 0 Å². The van der Waals surface area contributed by atoms with Crippen LogP contribution in [0.1, 0.15) is 37.3 Å². The molecule has 2 heteroatoms. The number of piperidine rings is 1. The Morgan fingerprint density at radius 3 is 2.33 bits per heavy atom. The average Bonchev–Trinajstić information content (AvgIpc) is 2.39. The Labute approximate surface area is 111 Å². The summed E-state index contributed by atoms with van der Waals surface area (Å²) in [6, 6.07) is 7.12. The highest BCUT2D eigenvalue weighted by Crippen LogP contribution is 2.20. The van der Waals surface area contributed by atoms with E-state index >= 15 is 0 Å². The lowest BCUT2D eigenvalue weighted by molar-refractivity contribution is 0.180. The lowest BCUT2D eigenvalue weighted by Gasteiger charge is -2.32. The Morgan fingerprint density at radius 1 is 1.11 bits per heavy atom. The van der Waals surface area contributed by atoms with Crippen molar-refractivity contribution in [3.63, 3.8) is 0 Å². The number of likely N-dealkylation sites (tertiary alicyclic amines) is 1. The van der Waals surface area contributed by atoms with Crippen LogP contribution in [-0.2, 0) is 0 Å². The molecule has 1 unspecified atom stereocenters. The molecular formula is C16H26N2. The smallest absolute Gasteiger partial charge is 0.0400 e. The number of rotatable bonds is 4. The largest absolute Gasteiger partial charge is 0.383 e. The summed E-state index contributed by atoms with van der Waals surface area (Å²) < 4.78 is 0. The number of hydrogen-bond donors (Lipinski definition) is 1. The highest BCUT2D eigenvalue weighted by molar-refractivity contribution is 5.56. The second-order valence-electron chi connectivity index (χ2n) is 5.59. The second kappa shape index (κ2) is 6.24. The zero-order valence-electron chi connectivity index (χ0n) is 12.0. The molecule has 2 rings (SSSR count). The normalized spacial score (nSPS) is 18.6. The van der Waals surface area contributed by atoms with Crippen LogP contribution >= 0.6 is 0 Å². The van der Waals surface area contributed by atoms with Crippen molar-refractivity contribution in [2.45, 2.75) is 46.1 Å². The first-order valence-electron chi connectivity index (χ1n) is 7.22. The first-order chi connectivity index (χ1) is 8.68. The molecule has 0 amide bonds. The third kappa shape index (κ3) is 3.26. The van der Waals surface area contributed by atoms with E-state index in [9.17, 15) is 0 Å². The summed E-state index contributed by atoms with van der Waals surface area (Å²) in [6.45, 7) is 10.3. The fourth-order valence-electron chi connectivity index (χ4n) is 2.83. The summed E-state index contributed by atoms with van der Waals surface area (Å²) in [5, 5.41) is 3.64. The summed E-state index contributed by atoms with van der Waals surface area (Å²) in [5.74, 6) is 0. The molecule has 1 saturated heterocycles. The van der Waals surface area contributed by atoms with Crippen molar-refractivity contribution in [3.05, 3.63) is 29.3 Å². The van der Waals surface area contributed by atoms with Gasteiger partial charge in [0.25, 0.3) is 0 Å². The Kier molecular flexibility index (Phi) is 4.65. The highest BCUT2D eigenvalue weighted by atomic mass is 15.2. The average molecular weight is 246 g/mol. The minimum Gasteiger partial charge on any atom is -0.383 e. The Balaban J connectivity index is 1.90. The number of aryl methyl sites for hydroxylation is 2. The Hall–Kier alpha value is -1.02. The van der Waals surface area contributed by atoms with Gasteiger partial charge in [0.15, 0.2) is 0 Å². The summed E-state index contributed by atoms with van der Waals surface area (Å²) in [4.78, 5) is 2.62. The number of nitrogens with one attached hydrogen (secondary N) is 1. The van der Waals surface area contributed by atoms with Crippen molar-refractivity contribution >= 4 is 5.69 Å². The van der Waals surface area contributed by atoms with E-state index in [4.69, 9.17) is 0 Å². The summed E-state index contributed by atoms with van der Waals surface area (Å²) >= 11 is 0. The van der Waals surface area contributed by atoms with Gasteiger partial charge in [0.05, 0.1) is 0 Å². The van der Waals surface area contributed by atoms with Crippen LogP contribution in [0.2, 0.25) is 0 Å². The maximum absolute atomic E-state index is 3.64. The lowest BCUT2D eigenvalue weighted by atomic mass is 10.1. The molecule has 1 aliphatic heterocycles. The first kappa shape index (κ1) is 13.4. The molecule has 1 fully saturated rings.